The molecule has 0 aliphatic carbocycles. The Morgan fingerprint density at radius 2 is 2.20 bits per heavy atom. The van der Waals surface area contributed by atoms with Gasteiger partial charge in [0.25, 0.3) is 0 Å². The minimum Gasteiger partial charge on any atom is -0.458 e. The first-order chi connectivity index (χ1) is 9.38. The largest absolute Gasteiger partial charge is 0.458 e. The van der Waals surface area contributed by atoms with Crippen LogP contribution in [-0.2, 0) is 9.53 Å². The topological polar surface area (TPSA) is 81.5 Å². The van der Waals surface area contributed by atoms with Crippen molar-refractivity contribution in [1.82, 2.24) is 0 Å². The molecule has 0 atom stereocenters. The second-order valence-electron chi connectivity index (χ2n) is 3.37. The van der Waals surface area contributed by atoms with Gasteiger partial charge in [-0.15, -0.1) is 0 Å². The number of nitro groups is 1. The average Bonchev–Trinajstić information content (AvgIpc) is 2.38. The van der Waals surface area contributed by atoms with Gasteiger partial charge in [0.2, 0.25) is 0 Å². The summed E-state index contributed by atoms with van der Waals surface area (Å²) in [5.74, 6) is -3.38. The molecule has 0 aliphatic rings. The van der Waals surface area contributed by atoms with Crippen molar-refractivity contribution >= 4 is 23.3 Å². The number of hydrogen-bond acceptors (Lipinski definition) is 5. The first kappa shape index (κ1) is 15.8. The summed E-state index contributed by atoms with van der Waals surface area (Å²) in [5.41, 5.74) is -1.70. The first-order valence-corrected chi connectivity index (χ1v) is 5.68. The summed E-state index contributed by atoms with van der Waals surface area (Å²) in [4.78, 5) is 20.9. The van der Waals surface area contributed by atoms with Gasteiger partial charge in [0.15, 0.2) is 5.82 Å². The number of halogens is 3. The van der Waals surface area contributed by atoms with Crippen molar-refractivity contribution in [2.24, 2.45) is 0 Å². The van der Waals surface area contributed by atoms with Crippen molar-refractivity contribution in [2.75, 3.05) is 11.9 Å². The van der Waals surface area contributed by atoms with Crippen molar-refractivity contribution < 1.29 is 23.2 Å². The molecule has 9 heteroatoms. The van der Waals surface area contributed by atoms with E-state index in [9.17, 15) is 23.7 Å². The summed E-state index contributed by atoms with van der Waals surface area (Å²) >= 11 is 5.45. The minimum atomic E-state index is -1.23. The van der Waals surface area contributed by atoms with Crippen molar-refractivity contribution in [3.8, 4) is 0 Å². The number of esters is 1. The maximum Gasteiger partial charge on any atom is 0.411 e. The zero-order valence-corrected chi connectivity index (χ0v) is 10.9. The van der Waals surface area contributed by atoms with Crippen molar-refractivity contribution in [3.05, 3.63) is 50.8 Å². The quantitative estimate of drug-likeness (QED) is 0.297. The molecule has 108 valence electrons. The van der Waals surface area contributed by atoms with Crippen LogP contribution in [-0.4, -0.2) is 17.5 Å². The third kappa shape index (κ3) is 3.64. The molecule has 0 unspecified atom stereocenters. The van der Waals surface area contributed by atoms with E-state index in [1.54, 1.807) is 0 Å². The fraction of sp³-hybridized carbons (Fsp3) is 0.182. The lowest BCUT2D eigenvalue weighted by Crippen LogP contribution is -2.16. The van der Waals surface area contributed by atoms with E-state index in [0.717, 1.165) is 12.1 Å². The third-order valence-electron chi connectivity index (χ3n) is 2.08. The van der Waals surface area contributed by atoms with Gasteiger partial charge in [-0.2, -0.15) is 0 Å². The lowest BCUT2D eigenvalue weighted by Gasteiger charge is -2.06. The molecule has 1 aromatic carbocycles. The lowest BCUT2D eigenvalue weighted by atomic mass is 10.3. The Morgan fingerprint density at radius 3 is 2.75 bits per heavy atom. The summed E-state index contributed by atoms with van der Waals surface area (Å²) in [7, 11) is 0. The Balaban J connectivity index is 3.08. The van der Waals surface area contributed by atoms with Gasteiger partial charge in [0.1, 0.15) is 11.5 Å². The molecule has 0 aliphatic heterocycles. The van der Waals surface area contributed by atoms with Crippen molar-refractivity contribution in [3.63, 3.8) is 0 Å². The molecular formula is C11H9ClF2N2O4. The van der Waals surface area contributed by atoms with E-state index in [-0.39, 0.29) is 11.6 Å². The molecule has 1 N–H and O–H groups in total. The number of carbonyl (C=O) groups excluding carboxylic acids is 1. The molecule has 1 aromatic rings. The van der Waals surface area contributed by atoms with Gasteiger partial charge >= 0.3 is 11.7 Å². The van der Waals surface area contributed by atoms with E-state index in [4.69, 9.17) is 11.6 Å². The van der Waals surface area contributed by atoms with Crippen LogP contribution in [0.1, 0.15) is 6.92 Å². The van der Waals surface area contributed by atoms with Crippen LogP contribution >= 0.6 is 11.6 Å². The van der Waals surface area contributed by atoms with E-state index in [1.807, 2.05) is 5.32 Å². The number of nitrogens with one attached hydrogen (secondary N) is 1. The Morgan fingerprint density at radius 1 is 1.55 bits per heavy atom. The molecule has 1 rings (SSSR count). The van der Waals surface area contributed by atoms with Gasteiger partial charge in [-0.05, 0) is 19.1 Å². The van der Waals surface area contributed by atoms with Gasteiger partial charge in [0, 0.05) is 0 Å². The van der Waals surface area contributed by atoms with Gasteiger partial charge in [-0.3, -0.25) is 10.1 Å². The molecule has 0 aromatic heterocycles. The van der Waals surface area contributed by atoms with Crippen LogP contribution in [0.15, 0.2) is 24.0 Å². The number of ether oxygens (including phenoxy) is 1. The Labute approximate surface area is 117 Å². The highest BCUT2D eigenvalue weighted by Gasteiger charge is 2.24. The second kappa shape index (κ2) is 6.80. The molecule has 0 fully saturated rings. The summed E-state index contributed by atoms with van der Waals surface area (Å²) in [6.45, 7) is 1.38. The number of anilines is 1. The van der Waals surface area contributed by atoms with Crippen LogP contribution < -0.4 is 5.32 Å². The molecule has 0 spiro atoms. The molecule has 0 saturated carbocycles. The number of benzene rings is 1. The van der Waals surface area contributed by atoms with Crippen molar-refractivity contribution in [2.45, 2.75) is 6.92 Å². The van der Waals surface area contributed by atoms with Crippen LogP contribution in [0.3, 0.4) is 0 Å². The smallest absolute Gasteiger partial charge is 0.411 e. The monoisotopic (exact) mass is 306 g/mol. The average molecular weight is 307 g/mol. The molecule has 20 heavy (non-hydrogen) atoms. The van der Waals surface area contributed by atoms with E-state index in [1.165, 1.54) is 6.92 Å². The van der Waals surface area contributed by atoms with Crippen LogP contribution in [0.25, 0.3) is 0 Å². The van der Waals surface area contributed by atoms with Crippen LogP contribution in [0.2, 0.25) is 5.02 Å². The summed E-state index contributed by atoms with van der Waals surface area (Å²) < 4.78 is 31.3. The van der Waals surface area contributed by atoms with E-state index >= 15 is 0 Å². The molecule has 0 bridgehead atoms. The normalized spacial score (nSPS) is 11.1. The summed E-state index contributed by atoms with van der Waals surface area (Å²) in [6.07, 6.45) is 0.538. The Hall–Kier alpha value is -2.22. The predicted octanol–water partition coefficient (Wildman–Crippen LogP) is 2.71. The van der Waals surface area contributed by atoms with Gasteiger partial charge < -0.3 is 10.1 Å². The Bertz CT molecular complexity index is 578. The standard InChI is InChI=1S/C11H9ClF2N2O4/c1-2-20-11(17)8(16(18)19)5-15-10-7(13)4-3-6(12)9(10)14/h3-5,15H,2H2,1H3. The highest BCUT2D eigenvalue weighted by molar-refractivity contribution is 6.31. The van der Waals surface area contributed by atoms with E-state index < -0.39 is 33.9 Å². The van der Waals surface area contributed by atoms with Crippen LogP contribution in [0.4, 0.5) is 14.5 Å². The number of carbonyl (C=O) groups is 1. The van der Waals surface area contributed by atoms with E-state index in [0.29, 0.717) is 6.20 Å². The zero-order chi connectivity index (χ0) is 15.3. The maximum atomic E-state index is 13.5. The summed E-state index contributed by atoms with van der Waals surface area (Å²) in [5, 5.41) is 12.3. The third-order valence-corrected chi connectivity index (χ3v) is 2.37. The van der Waals surface area contributed by atoms with E-state index in [2.05, 4.69) is 4.74 Å². The molecule has 0 heterocycles. The van der Waals surface area contributed by atoms with Gasteiger partial charge in [0.05, 0.1) is 22.8 Å². The highest BCUT2D eigenvalue weighted by Crippen LogP contribution is 2.25. The van der Waals surface area contributed by atoms with Crippen LogP contribution in [0.5, 0.6) is 0 Å². The minimum absolute atomic E-state index is 0.0795. The molecule has 0 radical (unpaired) electrons. The number of nitrogens with zero attached hydrogens (tertiary/aromatic N) is 1. The maximum absolute atomic E-state index is 13.5. The second-order valence-corrected chi connectivity index (χ2v) is 3.78. The Kier molecular flexibility index (Phi) is 5.39. The first-order valence-electron chi connectivity index (χ1n) is 5.30. The van der Waals surface area contributed by atoms with Crippen molar-refractivity contribution in [1.29, 1.82) is 0 Å². The zero-order valence-electron chi connectivity index (χ0n) is 10.2. The predicted molar refractivity (Wildman–Crippen MR) is 66.7 cm³/mol. The number of rotatable bonds is 5. The summed E-state index contributed by atoms with van der Waals surface area (Å²) in [6, 6.07) is 1.86. The molecule has 0 amide bonds. The van der Waals surface area contributed by atoms with Gasteiger partial charge in [-0.25, -0.2) is 13.6 Å². The van der Waals surface area contributed by atoms with Crippen LogP contribution in [0, 0.1) is 21.7 Å². The van der Waals surface area contributed by atoms with Gasteiger partial charge in [-0.1, -0.05) is 11.6 Å². The fourth-order valence-corrected chi connectivity index (χ4v) is 1.35. The molecule has 0 saturated heterocycles. The SMILES string of the molecule is CCOC(=O)C(=CNc1c(F)ccc(Cl)c1F)[N+](=O)[O-]. The lowest BCUT2D eigenvalue weighted by molar-refractivity contribution is -0.421. The highest BCUT2D eigenvalue weighted by atomic mass is 35.5. The fourth-order valence-electron chi connectivity index (χ4n) is 1.19. The molecule has 6 nitrogen and oxygen atoms in total. The molecular weight excluding hydrogens is 298 g/mol. The number of hydrogen-bond donors (Lipinski definition) is 1.